The second-order valence-corrected chi connectivity index (χ2v) is 10.2. The van der Waals surface area contributed by atoms with Gasteiger partial charge in [0, 0.05) is 18.0 Å². The number of nitrogens with zero attached hydrogens (tertiary/aromatic N) is 1. The fourth-order valence-corrected chi connectivity index (χ4v) is 4.00. The molecule has 2 unspecified atom stereocenters. The molecule has 12 nitrogen and oxygen atoms in total. The molecule has 0 aromatic heterocycles. The lowest BCUT2D eigenvalue weighted by molar-refractivity contribution is -0.148. The van der Waals surface area contributed by atoms with Gasteiger partial charge in [-0.15, -0.1) is 0 Å². The van der Waals surface area contributed by atoms with E-state index >= 15 is 0 Å². The van der Waals surface area contributed by atoms with Gasteiger partial charge in [0.15, 0.2) is 0 Å². The van der Waals surface area contributed by atoms with Crippen molar-refractivity contribution in [3.63, 3.8) is 0 Å². The maximum atomic E-state index is 14.1. The molecule has 5 N–H and O–H groups in total. The minimum Gasteiger partial charge on any atom is -0.507 e. The van der Waals surface area contributed by atoms with Gasteiger partial charge in [0.1, 0.15) is 30.0 Å². The highest BCUT2D eigenvalue weighted by Crippen LogP contribution is 2.38. The Morgan fingerprint density at radius 3 is 2.37 bits per heavy atom. The molecule has 1 aromatic rings. The number of amides is 4. The van der Waals surface area contributed by atoms with Crippen molar-refractivity contribution in [2.24, 2.45) is 5.73 Å². The number of esters is 1. The SMILES string of the molecule is COC(=O)CNC(=O)C(c1cccc(C)c1O)N(C(=O)C(CCC(N)=O)NC(=O)OC(C)(C)C)C1CCC1. The number of alkyl carbamates (subject to hydrolysis) is 1. The number of hydrogen-bond donors (Lipinski definition) is 4. The van der Waals surface area contributed by atoms with Crippen LogP contribution >= 0.6 is 0 Å². The lowest BCUT2D eigenvalue weighted by atomic mass is 9.87. The third kappa shape index (κ3) is 8.35. The fourth-order valence-electron chi connectivity index (χ4n) is 4.00. The van der Waals surface area contributed by atoms with Gasteiger partial charge >= 0.3 is 12.1 Å². The summed E-state index contributed by atoms with van der Waals surface area (Å²) in [5, 5.41) is 15.9. The Hall–Kier alpha value is -3.83. The minimum atomic E-state index is -1.34. The quantitative estimate of drug-likeness (QED) is 0.309. The van der Waals surface area contributed by atoms with Crippen LogP contribution in [-0.4, -0.2) is 71.1 Å². The summed E-state index contributed by atoms with van der Waals surface area (Å²) in [4.78, 5) is 64.7. The first-order valence-corrected chi connectivity index (χ1v) is 12.5. The molecule has 1 aliphatic carbocycles. The molecule has 4 amide bonds. The first-order chi connectivity index (χ1) is 17.7. The van der Waals surface area contributed by atoms with E-state index in [0.29, 0.717) is 18.4 Å². The van der Waals surface area contributed by atoms with Crippen molar-refractivity contribution in [2.45, 2.75) is 83.5 Å². The lowest BCUT2D eigenvalue weighted by Gasteiger charge is -2.43. The smallest absolute Gasteiger partial charge is 0.408 e. The number of para-hydroxylation sites is 1. The maximum absolute atomic E-state index is 14.1. The standard InChI is InChI=1S/C26H38N4O8/c1-15-8-6-11-17(22(15)33)21(23(34)28-14-20(32)37-5)30(16-9-7-10-16)24(35)18(12-13-19(27)31)29-25(36)38-26(2,3)4/h6,8,11,16,18,21,33H,7,9-10,12-14H2,1-5H3,(H2,27,31)(H,28,34)(H,29,36). The topological polar surface area (TPSA) is 177 Å². The predicted molar refractivity (Wildman–Crippen MR) is 137 cm³/mol. The molecular weight excluding hydrogens is 496 g/mol. The van der Waals surface area contributed by atoms with Crippen molar-refractivity contribution in [1.29, 1.82) is 0 Å². The fraction of sp³-hybridized carbons (Fsp3) is 0.577. The van der Waals surface area contributed by atoms with E-state index in [9.17, 15) is 29.1 Å². The molecule has 0 saturated heterocycles. The van der Waals surface area contributed by atoms with Crippen LogP contribution in [0.5, 0.6) is 5.75 Å². The number of nitrogens with two attached hydrogens (primary N) is 1. The molecule has 0 bridgehead atoms. The molecule has 0 radical (unpaired) electrons. The summed E-state index contributed by atoms with van der Waals surface area (Å²) < 4.78 is 9.91. The number of carbonyl (C=O) groups is 5. The normalized spacial score (nSPS) is 14.9. The summed E-state index contributed by atoms with van der Waals surface area (Å²) in [6, 6.07) is 1.82. The number of rotatable bonds is 11. The highest BCUT2D eigenvalue weighted by molar-refractivity contribution is 5.94. The number of hydrogen-bond acceptors (Lipinski definition) is 8. The van der Waals surface area contributed by atoms with Gasteiger partial charge in [0.05, 0.1) is 7.11 Å². The van der Waals surface area contributed by atoms with Gasteiger partial charge in [0.25, 0.3) is 0 Å². The van der Waals surface area contributed by atoms with Gasteiger partial charge in [-0.3, -0.25) is 19.2 Å². The zero-order valence-corrected chi connectivity index (χ0v) is 22.5. The molecule has 38 heavy (non-hydrogen) atoms. The highest BCUT2D eigenvalue weighted by atomic mass is 16.6. The van der Waals surface area contributed by atoms with Crippen molar-refractivity contribution in [3.8, 4) is 5.75 Å². The zero-order valence-electron chi connectivity index (χ0n) is 22.5. The molecule has 1 aromatic carbocycles. The number of carbonyl (C=O) groups excluding carboxylic acids is 5. The van der Waals surface area contributed by atoms with Crippen LogP contribution in [0.4, 0.5) is 4.79 Å². The van der Waals surface area contributed by atoms with Crippen LogP contribution in [0.2, 0.25) is 0 Å². The third-order valence-corrected chi connectivity index (χ3v) is 6.12. The second-order valence-electron chi connectivity index (χ2n) is 10.2. The number of phenolic OH excluding ortho intramolecular Hbond substituents is 1. The molecule has 1 fully saturated rings. The number of phenols is 1. The number of benzene rings is 1. The molecule has 0 aliphatic heterocycles. The van der Waals surface area contributed by atoms with E-state index in [1.165, 1.54) is 18.1 Å². The zero-order chi connectivity index (χ0) is 28.6. The van der Waals surface area contributed by atoms with Crippen molar-refractivity contribution in [3.05, 3.63) is 29.3 Å². The number of primary amides is 1. The van der Waals surface area contributed by atoms with E-state index in [1.807, 2.05) is 0 Å². The largest absolute Gasteiger partial charge is 0.507 e. The average Bonchev–Trinajstić information content (AvgIpc) is 2.79. The van der Waals surface area contributed by atoms with Crippen LogP contribution in [0.3, 0.4) is 0 Å². The molecule has 1 saturated carbocycles. The van der Waals surface area contributed by atoms with Gasteiger partial charge < -0.3 is 35.8 Å². The van der Waals surface area contributed by atoms with Crippen molar-refractivity contribution < 1.29 is 38.6 Å². The molecule has 0 spiro atoms. The molecule has 12 heteroatoms. The number of aryl methyl sites for hydroxylation is 1. The summed E-state index contributed by atoms with van der Waals surface area (Å²) in [7, 11) is 1.17. The van der Waals surface area contributed by atoms with E-state index in [4.69, 9.17) is 10.5 Å². The summed E-state index contributed by atoms with van der Waals surface area (Å²) in [6.07, 6.45) is 0.740. The Morgan fingerprint density at radius 1 is 1.18 bits per heavy atom. The first kappa shape index (κ1) is 30.4. The Balaban J connectivity index is 2.54. The summed E-state index contributed by atoms with van der Waals surface area (Å²) >= 11 is 0. The van der Waals surface area contributed by atoms with Crippen molar-refractivity contribution in [1.82, 2.24) is 15.5 Å². The Labute approximate surface area is 222 Å². The Kier molecular flexibility index (Phi) is 10.5. The van der Waals surface area contributed by atoms with Crippen LogP contribution in [0, 0.1) is 6.92 Å². The molecule has 2 atom stereocenters. The minimum absolute atomic E-state index is 0.132. The number of nitrogens with one attached hydrogen (secondary N) is 2. The Morgan fingerprint density at radius 2 is 1.84 bits per heavy atom. The summed E-state index contributed by atoms with van der Waals surface area (Å²) in [6.45, 7) is 6.19. The highest BCUT2D eigenvalue weighted by Gasteiger charge is 2.43. The van der Waals surface area contributed by atoms with E-state index in [1.54, 1.807) is 39.8 Å². The van der Waals surface area contributed by atoms with Crippen LogP contribution in [0.25, 0.3) is 0 Å². The number of methoxy groups -OCH3 is 1. The Bertz CT molecular complexity index is 1050. The third-order valence-electron chi connectivity index (χ3n) is 6.12. The molecule has 1 aliphatic rings. The maximum Gasteiger partial charge on any atom is 0.408 e. The van der Waals surface area contributed by atoms with Crippen LogP contribution in [0.15, 0.2) is 18.2 Å². The lowest BCUT2D eigenvalue weighted by Crippen LogP contribution is -2.57. The van der Waals surface area contributed by atoms with Crippen LogP contribution in [0.1, 0.15) is 70.0 Å². The van der Waals surface area contributed by atoms with Gasteiger partial charge in [-0.05, 0) is 58.9 Å². The van der Waals surface area contributed by atoms with E-state index in [-0.39, 0.29) is 24.2 Å². The predicted octanol–water partition coefficient (Wildman–Crippen LogP) is 1.57. The molecular formula is C26H38N4O8. The number of ether oxygens (including phenoxy) is 2. The van der Waals surface area contributed by atoms with Gasteiger partial charge in [-0.1, -0.05) is 18.2 Å². The summed E-state index contributed by atoms with van der Waals surface area (Å²) in [5.74, 6) is -2.93. The monoisotopic (exact) mass is 534 g/mol. The molecule has 0 heterocycles. The second kappa shape index (κ2) is 13.1. The van der Waals surface area contributed by atoms with Crippen molar-refractivity contribution >= 4 is 29.8 Å². The molecule has 210 valence electrons. The first-order valence-electron chi connectivity index (χ1n) is 12.5. The van der Waals surface area contributed by atoms with Gasteiger partial charge in [-0.2, -0.15) is 0 Å². The van der Waals surface area contributed by atoms with Gasteiger partial charge in [-0.25, -0.2) is 4.79 Å². The molecule has 2 rings (SSSR count). The van der Waals surface area contributed by atoms with Crippen molar-refractivity contribution in [2.75, 3.05) is 13.7 Å². The summed E-state index contributed by atoms with van der Waals surface area (Å²) in [5.41, 5.74) is 5.10. The van der Waals surface area contributed by atoms with Crippen LogP contribution < -0.4 is 16.4 Å². The van der Waals surface area contributed by atoms with E-state index in [2.05, 4.69) is 15.4 Å². The van der Waals surface area contributed by atoms with E-state index < -0.39 is 60.1 Å². The average molecular weight is 535 g/mol. The number of aromatic hydroxyl groups is 1. The van der Waals surface area contributed by atoms with Gasteiger partial charge in [0.2, 0.25) is 17.7 Å². The van der Waals surface area contributed by atoms with E-state index in [0.717, 1.165) is 6.42 Å². The van der Waals surface area contributed by atoms with Crippen LogP contribution in [-0.2, 0) is 28.7 Å².